The molecule has 19 nitrogen and oxygen atoms in total. The molecular weight excluding hydrogens is 598 g/mol. The molecule has 0 spiro atoms. The molecule has 2 saturated heterocycles. The minimum atomic E-state index is -5.09. The lowest BCUT2D eigenvalue weighted by molar-refractivity contribution is -0.346. The Hall–Kier alpha value is -2.98. The maximum absolute atomic E-state index is 12.1. The van der Waals surface area contributed by atoms with Crippen LogP contribution in [0.25, 0.3) is 0 Å². The van der Waals surface area contributed by atoms with Crippen molar-refractivity contribution in [3.63, 3.8) is 0 Å². The third-order valence-electron chi connectivity index (χ3n) is 5.69. The third-order valence-corrected chi connectivity index (χ3v) is 6.12. The van der Waals surface area contributed by atoms with Crippen LogP contribution in [0.15, 0.2) is 0 Å². The fourth-order valence-corrected chi connectivity index (χ4v) is 4.66. The minimum Gasteiger partial charge on any atom is -0.457 e. The van der Waals surface area contributed by atoms with Gasteiger partial charge in [-0.3, -0.25) is 28.5 Å². The summed E-state index contributed by atoms with van der Waals surface area (Å²) in [6.07, 6.45) is -15.3. The Morgan fingerprint density at radius 3 is 1.71 bits per heavy atom. The highest BCUT2D eigenvalue weighted by atomic mass is 32.3. The Bertz CT molecular complexity index is 1110. The van der Waals surface area contributed by atoms with Crippen molar-refractivity contribution in [3.05, 3.63) is 0 Å². The zero-order chi connectivity index (χ0) is 31.9. The Balaban J connectivity index is 2.63. The van der Waals surface area contributed by atoms with E-state index in [1.807, 2.05) is 0 Å². The van der Waals surface area contributed by atoms with E-state index in [-0.39, 0.29) is 0 Å². The third kappa shape index (κ3) is 10.1. The second-order valence-corrected chi connectivity index (χ2v) is 10.2. The normalized spacial score (nSPS) is 33.1. The second kappa shape index (κ2) is 15.0. The van der Waals surface area contributed by atoms with Crippen molar-refractivity contribution < 1.29 is 84.5 Å². The van der Waals surface area contributed by atoms with E-state index >= 15 is 0 Å². The molecule has 0 radical (unpaired) electrons. The maximum atomic E-state index is 12.1. The van der Waals surface area contributed by atoms with Crippen LogP contribution in [0.1, 0.15) is 34.6 Å². The highest BCUT2D eigenvalue weighted by Gasteiger charge is 2.56. The molecule has 2 heterocycles. The molecule has 240 valence electrons. The molecule has 0 saturated carbocycles. The lowest BCUT2D eigenvalue weighted by Gasteiger charge is -2.48. The Labute approximate surface area is 239 Å². The van der Waals surface area contributed by atoms with E-state index in [9.17, 15) is 42.6 Å². The van der Waals surface area contributed by atoms with E-state index in [0.717, 1.165) is 34.6 Å². The molecule has 5 unspecified atom stereocenters. The summed E-state index contributed by atoms with van der Waals surface area (Å²) in [5.74, 6) is -4.53. The SMILES string of the molecule is CC(=O)NC1C(O)O[C@H](CO)[C@@H](O[C@@H]2OC(COS(=O)(=O)O)[C@H](OC(C)=O)[C@H](OC(C)=O)C2OC(C)=O)C1OC(C)=O. The molecule has 2 aliphatic heterocycles. The zero-order valence-electron chi connectivity index (χ0n) is 23.1. The first-order valence-electron chi connectivity index (χ1n) is 12.3. The van der Waals surface area contributed by atoms with E-state index in [2.05, 4.69) is 9.50 Å². The van der Waals surface area contributed by atoms with Crippen molar-refractivity contribution in [1.82, 2.24) is 5.32 Å². The summed E-state index contributed by atoms with van der Waals surface area (Å²) >= 11 is 0. The molecular formula is C22H33NO18S. The lowest BCUT2D eigenvalue weighted by Crippen LogP contribution is -2.68. The number of hydrogen-bond donors (Lipinski definition) is 4. The van der Waals surface area contributed by atoms with Crippen molar-refractivity contribution in [2.24, 2.45) is 0 Å². The number of nitrogens with one attached hydrogen (secondary N) is 1. The maximum Gasteiger partial charge on any atom is 0.397 e. The smallest absolute Gasteiger partial charge is 0.397 e. The summed E-state index contributed by atoms with van der Waals surface area (Å²) in [5, 5.41) is 22.7. The first kappa shape index (κ1) is 35.2. The largest absolute Gasteiger partial charge is 0.457 e. The highest BCUT2D eigenvalue weighted by Crippen LogP contribution is 2.34. The lowest BCUT2D eigenvalue weighted by atomic mass is 9.95. The van der Waals surface area contributed by atoms with Gasteiger partial charge in [0.05, 0.1) is 13.2 Å². The van der Waals surface area contributed by atoms with Crippen LogP contribution in [0, 0.1) is 0 Å². The van der Waals surface area contributed by atoms with E-state index in [0.29, 0.717) is 0 Å². The zero-order valence-corrected chi connectivity index (χ0v) is 23.9. The van der Waals surface area contributed by atoms with Crippen LogP contribution in [-0.4, -0.2) is 128 Å². The highest BCUT2D eigenvalue weighted by molar-refractivity contribution is 7.80. The van der Waals surface area contributed by atoms with E-state index < -0.39 is 115 Å². The quantitative estimate of drug-likeness (QED) is 0.0996. The summed E-state index contributed by atoms with van der Waals surface area (Å²) in [4.78, 5) is 59.7. The Kier molecular flexibility index (Phi) is 12.5. The number of aliphatic hydroxyl groups is 2. The van der Waals surface area contributed by atoms with Crippen molar-refractivity contribution in [2.45, 2.75) is 96.0 Å². The molecule has 2 fully saturated rings. The van der Waals surface area contributed by atoms with Crippen LogP contribution >= 0.6 is 0 Å². The molecule has 2 aliphatic rings. The van der Waals surface area contributed by atoms with Gasteiger partial charge in [-0.15, -0.1) is 0 Å². The molecule has 42 heavy (non-hydrogen) atoms. The fraction of sp³-hybridized carbons (Fsp3) is 0.773. The number of hydrogen-bond acceptors (Lipinski definition) is 17. The fourth-order valence-electron chi connectivity index (χ4n) is 4.36. The number of carbonyl (C=O) groups is 5. The van der Waals surface area contributed by atoms with Crippen LogP contribution in [0.2, 0.25) is 0 Å². The van der Waals surface area contributed by atoms with Crippen molar-refractivity contribution >= 4 is 40.2 Å². The monoisotopic (exact) mass is 631 g/mol. The number of aliphatic hydroxyl groups excluding tert-OH is 2. The van der Waals surface area contributed by atoms with Gasteiger partial charge in [-0.05, 0) is 0 Å². The van der Waals surface area contributed by atoms with Gasteiger partial charge in [-0.1, -0.05) is 0 Å². The van der Waals surface area contributed by atoms with Crippen LogP contribution in [0.3, 0.4) is 0 Å². The molecule has 0 aromatic rings. The summed E-state index contributed by atoms with van der Waals surface area (Å²) in [7, 11) is -5.09. The van der Waals surface area contributed by atoms with E-state index in [1.165, 1.54) is 0 Å². The van der Waals surface area contributed by atoms with Gasteiger partial charge in [0, 0.05) is 34.6 Å². The summed E-state index contributed by atoms with van der Waals surface area (Å²) in [6, 6.07) is -1.47. The summed E-state index contributed by atoms with van der Waals surface area (Å²) in [5.41, 5.74) is 0. The number of carbonyl (C=O) groups excluding carboxylic acids is 5. The summed E-state index contributed by atoms with van der Waals surface area (Å²) < 4.78 is 74.0. The number of amides is 1. The van der Waals surface area contributed by atoms with Gasteiger partial charge in [0.1, 0.15) is 24.4 Å². The van der Waals surface area contributed by atoms with E-state index in [1.54, 1.807) is 0 Å². The Morgan fingerprint density at radius 2 is 1.24 bits per heavy atom. The molecule has 0 aromatic carbocycles. The molecule has 4 N–H and O–H groups in total. The standard InChI is InChI=1S/C22H33NO18S/c1-8(25)23-15-18(36-10(3)27)16(13(6-24)39-21(15)30)41-22-20(38-12(5)29)19(37-11(4)28)17(35-9(2)26)14(40-22)7-34-42(31,32)33/h13-22,24,30H,6-7H2,1-5H3,(H,23,25)(H,31,32,33)/t13-,14?,15?,16-,17+,18?,19+,20?,21?,22+/m1/s1. The van der Waals surface area contributed by atoms with Gasteiger partial charge in [0.15, 0.2) is 37.0 Å². The van der Waals surface area contributed by atoms with Crippen LogP contribution in [0.5, 0.6) is 0 Å². The number of esters is 4. The second-order valence-electron chi connectivity index (χ2n) is 9.13. The topological polar surface area (TPSA) is 266 Å². The molecule has 2 rings (SSSR count). The first-order chi connectivity index (χ1) is 19.4. The van der Waals surface area contributed by atoms with Crippen molar-refractivity contribution in [1.29, 1.82) is 0 Å². The average Bonchev–Trinajstić information content (AvgIpc) is 2.83. The van der Waals surface area contributed by atoms with Crippen molar-refractivity contribution in [2.75, 3.05) is 13.2 Å². The van der Waals surface area contributed by atoms with Crippen LogP contribution in [-0.2, 0) is 71.7 Å². The number of rotatable bonds is 11. The predicted molar refractivity (Wildman–Crippen MR) is 129 cm³/mol. The molecule has 1 amide bonds. The molecule has 0 aliphatic carbocycles. The van der Waals surface area contributed by atoms with Gasteiger partial charge in [0.25, 0.3) is 0 Å². The van der Waals surface area contributed by atoms with Gasteiger partial charge < -0.3 is 48.7 Å². The van der Waals surface area contributed by atoms with Crippen molar-refractivity contribution in [3.8, 4) is 0 Å². The molecule has 10 atom stereocenters. The molecule has 0 aromatic heterocycles. The van der Waals surface area contributed by atoms with Gasteiger partial charge >= 0.3 is 34.3 Å². The van der Waals surface area contributed by atoms with Gasteiger partial charge in [0.2, 0.25) is 5.91 Å². The predicted octanol–water partition coefficient (Wildman–Crippen LogP) is -3.14. The Morgan fingerprint density at radius 1 is 0.738 bits per heavy atom. The average molecular weight is 632 g/mol. The van der Waals surface area contributed by atoms with Gasteiger partial charge in [-0.2, -0.15) is 8.42 Å². The van der Waals surface area contributed by atoms with Crippen LogP contribution in [0.4, 0.5) is 0 Å². The van der Waals surface area contributed by atoms with Gasteiger partial charge in [-0.25, -0.2) is 4.18 Å². The van der Waals surface area contributed by atoms with E-state index in [4.69, 9.17) is 37.7 Å². The summed E-state index contributed by atoms with van der Waals surface area (Å²) in [6.45, 7) is 3.05. The molecule has 20 heteroatoms. The molecule has 0 bridgehead atoms. The first-order valence-corrected chi connectivity index (χ1v) is 13.6. The van der Waals surface area contributed by atoms with Crippen LogP contribution < -0.4 is 5.32 Å². The number of ether oxygens (including phenoxy) is 7. The minimum absolute atomic E-state index is 0.686.